The number of hydrogen-bond donors (Lipinski definition) is 2. The van der Waals surface area contributed by atoms with E-state index in [0.717, 1.165) is 0 Å². The number of halogens is 1. The molecule has 0 aromatic heterocycles. The van der Waals surface area contributed by atoms with Gasteiger partial charge in [-0.05, 0) is 17.7 Å². The van der Waals surface area contributed by atoms with Crippen LogP contribution in [0.25, 0.3) is 0 Å². The van der Waals surface area contributed by atoms with Crippen molar-refractivity contribution in [3.63, 3.8) is 0 Å². The van der Waals surface area contributed by atoms with Gasteiger partial charge in [0.2, 0.25) is 0 Å². The van der Waals surface area contributed by atoms with E-state index >= 15 is 0 Å². The molecule has 1 rings (SSSR count). The first-order chi connectivity index (χ1) is 7.38. The van der Waals surface area contributed by atoms with Crippen molar-refractivity contribution in [3.05, 3.63) is 29.8 Å². The van der Waals surface area contributed by atoms with Crippen LogP contribution in [0.15, 0.2) is 24.3 Å². The Kier molecular flexibility index (Phi) is 4.35. The molecule has 0 aliphatic rings. The van der Waals surface area contributed by atoms with E-state index in [9.17, 15) is 13.5 Å². The summed E-state index contributed by atoms with van der Waals surface area (Å²) in [6.45, 7) is 1.54. The van der Waals surface area contributed by atoms with Crippen LogP contribution in [-0.4, -0.2) is 23.4 Å². The first kappa shape index (κ1) is 13.5. The number of nitrogen functional groups attached to an aromatic ring is 1. The molecule has 0 saturated heterocycles. The molecule has 3 N–H and O–H groups in total. The summed E-state index contributed by atoms with van der Waals surface area (Å²) in [5, 5.41) is 9.90. The predicted molar refractivity (Wildman–Crippen MR) is 68.0 cm³/mol. The van der Waals surface area contributed by atoms with E-state index in [0.29, 0.717) is 11.3 Å². The van der Waals surface area contributed by atoms with E-state index in [1.807, 2.05) is 0 Å². The standard InChI is InChI=1S/C10H14BrNO3S/c1-2-16(14,15)10(11)9(13)7-4-3-5-8(12)6-7/h3-6,9-10,13H,2,12H2,1H3/t9-,10+/m0/s1. The largest absolute Gasteiger partial charge is 0.399 e. The average molecular weight is 308 g/mol. The fourth-order valence-electron chi connectivity index (χ4n) is 1.25. The zero-order valence-electron chi connectivity index (χ0n) is 8.80. The number of rotatable bonds is 4. The Balaban J connectivity index is 2.99. The van der Waals surface area contributed by atoms with Crippen LogP contribution in [0.5, 0.6) is 0 Å². The third-order valence-corrected chi connectivity index (χ3v) is 6.20. The lowest BCUT2D eigenvalue weighted by atomic mass is 10.1. The van der Waals surface area contributed by atoms with E-state index < -0.39 is 20.1 Å². The fraction of sp³-hybridized carbons (Fsp3) is 0.400. The fourth-order valence-corrected chi connectivity index (χ4v) is 3.22. The Morgan fingerprint density at radius 3 is 2.62 bits per heavy atom. The van der Waals surface area contributed by atoms with Crippen LogP contribution in [-0.2, 0) is 9.84 Å². The molecule has 0 heterocycles. The van der Waals surface area contributed by atoms with Gasteiger partial charge in [0, 0.05) is 11.4 Å². The van der Waals surface area contributed by atoms with Gasteiger partial charge in [0.05, 0.1) is 0 Å². The Morgan fingerprint density at radius 1 is 1.50 bits per heavy atom. The molecule has 0 radical (unpaired) electrons. The average Bonchev–Trinajstić information content (AvgIpc) is 2.27. The summed E-state index contributed by atoms with van der Waals surface area (Å²) in [5.41, 5.74) is 6.54. The molecule has 0 bridgehead atoms. The van der Waals surface area contributed by atoms with E-state index in [1.165, 1.54) is 6.92 Å². The summed E-state index contributed by atoms with van der Waals surface area (Å²) in [6.07, 6.45) is -1.12. The monoisotopic (exact) mass is 307 g/mol. The zero-order valence-corrected chi connectivity index (χ0v) is 11.2. The molecule has 0 amide bonds. The highest BCUT2D eigenvalue weighted by Crippen LogP contribution is 2.28. The first-order valence-electron chi connectivity index (χ1n) is 4.77. The SMILES string of the molecule is CCS(=O)(=O)[C@@H](Br)[C@@H](O)c1cccc(N)c1. The van der Waals surface area contributed by atoms with Crippen LogP contribution in [0.2, 0.25) is 0 Å². The minimum Gasteiger partial charge on any atom is -0.399 e. The van der Waals surface area contributed by atoms with Crippen LogP contribution >= 0.6 is 15.9 Å². The highest BCUT2D eigenvalue weighted by Gasteiger charge is 2.29. The first-order valence-corrected chi connectivity index (χ1v) is 7.40. The molecule has 0 aliphatic carbocycles. The number of anilines is 1. The van der Waals surface area contributed by atoms with E-state index in [1.54, 1.807) is 24.3 Å². The molecule has 0 spiro atoms. The molecule has 2 atom stereocenters. The second-order valence-corrected chi connectivity index (χ2v) is 7.42. The van der Waals surface area contributed by atoms with Gasteiger partial charge in [-0.15, -0.1) is 0 Å². The number of benzene rings is 1. The van der Waals surface area contributed by atoms with Gasteiger partial charge in [0.25, 0.3) is 0 Å². The molecule has 1 aromatic rings. The van der Waals surface area contributed by atoms with Gasteiger partial charge >= 0.3 is 0 Å². The highest BCUT2D eigenvalue weighted by molar-refractivity contribution is 9.11. The second kappa shape index (κ2) is 5.16. The zero-order chi connectivity index (χ0) is 12.3. The van der Waals surface area contributed by atoms with Crippen molar-refractivity contribution in [2.45, 2.75) is 17.2 Å². The molecule has 1 aromatic carbocycles. The molecular formula is C10H14BrNO3S. The van der Waals surface area contributed by atoms with Crippen LogP contribution in [0.4, 0.5) is 5.69 Å². The van der Waals surface area contributed by atoms with Crippen molar-refractivity contribution >= 4 is 31.5 Å². The molecular weight excluding hydrogens is 294 g/mol. The van der Waals surface area contributed by atoms with Gasteiger partial charge < -0.3 is 10.8 Å². The number of nitrogens with two attached hydrogens (primary N) is 1. The highest BCUT2D eigenvalue weighted by atomic mass is 79.9. The van der Waals surface area contributed by atoms with Crippen LogP contribution in [0, 0.1) is 0 Å². The Hall–Kier alpha value is -0.590. The van der Waals surface area contributed by atoms with Gasteiger partial charge in [-0.1, -0.05) is 35.0 Å². The quantitative estimate of drug-likeness (QED) is 0.652. The van der Waals surface area contributed by atoms with Crippen molar-refractivity contribution in [1.82, 2.24) is 0 Å². The third-order valence-electron chi connectivity index (χ3n) is 2.25. The third kappa shape index (κ3) is 2.96. The molecule has 0 fully saturated rings. The van der Waals surface area contributed by atoms with Crippen molar-refractivity contribution < 1.29 is 13.5 Å². The molecule has 0 unspecified atom stereocenters. The molecule has 0 saturated carbocycles. The predicted octanol–water partition coefficient (Wildman–Crippen LogP) is 1.46. The summed E-state index contributed by atoms with van der Waals surface area (Å²) in [7, 11) is -3.33. The second-order valence-electron chi connectivity index (χ2n) is 3.42. The smallest absolute Gasteiger partial charge is 0.165 e. The number of alkyl halides is 1. The summed E-state index contributed by atoms with van der Waals surface area (Å²) >= 11 is 3.01. The number of aliphatic hydroxyl groups is 1. The summed E-state index contributed by atoms with van der Waals surface area (Å²) in [5.74, 6) is -0.0255. The summed E-state index contributed by atoms with van der Waals surface area (Å²) in [4.78, 5) is 0. The molecule has 16 heavy (non-hydrogen) atoms. The lowest BCUT2D eigenvalue weighted by Crippen LogP contribution is -2.24. The van der Waals surface area contributed by atoms with Crippen LogP contribution in [0.1, 0.15) is 18.6 Å². The summed E-state index contributed by atoms with van der Waals surface area (Å²) in [6, 6.07) is 6.55. The Bertz CT molecular complexity index is 461. The molecule has 90 valence electrons. The van der Waals surface area contributed by atoms with Gasteiger partial charge in [-0.3, -0.25) is 0 Å². The Labute approximate surface area is 104 Å². The van der Waals surface area contributed by atoms with Crippen molar-refractivity contribution in [2.75, 3.05) is 11.5 Å². The van der Waals surface area contributed by atoms with Crippen molar-refractivity contribution in [3.8, 4) is 0 Å². The lowest BCUT2D eigenvalue weighted by molar-refractivity contribution is 0.195. The summed E-state index contributed by atoms with van der Waals surface area (Å²) < 4.78 is 22.1. The minimum atomic E-state index is -3.33. The van der Waals surface area contributed by atoms with E-state index in [4.69, 9.17) is 5.73 Å². The molecule has 6 heteroatoms. The van der Waals surface area contributed by atoms with Gasteiger partial charge in [0.15, 0.2) is 9.84 Å². The van der Waals surface area contributed by atoms with Crippen molar-refractivity contribution in [1.29, 1.82) is 0 Å². The molecule has 4 nitrogen and oxygen atoms in total. The maximum Gasteiger partial charge on any atom is 0.165 e. The van der Waals surface area contributed by atoms with Gasteiger partial charge in [0.1, 0.15) is 10.3 Å². The number of sulfone groups is 1. The number of hydrogen-bond acceptors (Lipinski definition) is 4. The number of aliphatic hydroxyl groups excluding tert-OH is 1. The minimum absolute atomic E-state index is 0.0255. The normalized spacial score (nSPS) is 15.7. The topological polar surface area (TPSA) is 80.4 Å². The van der Waals surface area contributed by atoms with E-state index in [2.05, 4.69) is 15.9 Å². The Morgan fingerprint density at radius 2 is 2.12 bits per heavy atom. The lowest BCUT2D eigenvalue weighted by Gasteiger charge is -2.17. The van der Waals surface area contributed by atoms with Crippen LogP contribution in [0.3, 0.4) is 0 Å². The van der Waals surface area contributed by atoms with Crippen molar-refractivity contribution in [2.24, 2.45) is 0 Å². The maximum absolute atomic E-state index is 11.6. The van der Waals surface area contributed by atoms with Gasteiger partial charge in [-0.25, -0.2) is 8.42 Å². The van der Waals surface area contributed by atoms with Crippen LogP contribution < -0.4 is 5.73 Å². The van der Waals surface area contributed by atoms with E-state index in [-0.39, 0.29) is 5.75 Å². The maximum atomic E-state index is 11.6. The van der Waals surface area contributed by atoms with Gasteiger partial charge in [-0.2, -0.15) is 0 Å². The molecule has 0 aliphatic heterocycles.